The Bertz CT molecular complexity index is 936. The van der Waals surface area contributed by atoms with E-state index in [2.05, 4.69) is 0 Å². The van der Waals surface area contributed by atoms with Gasteiger partial charge in [-0.25, -0.2) is 4.39 Å². The van der Waals surface area contributed by atoms with Crippen molar-refractivity contribution in [1.29, 1.82) is 0 Å². The van der Waals surface area contributed by atoms with Crippen LogP contribution in [0.4, 0.5) is 4.39 Å². The van der Waals surface area contributed by atoms with Crippen LogP contribution in [0.15, 0.2) is 23.1 Å². The number of aromatic nitrogens is 1. The summed E-state index contributed by atoms with van der Waals surface area (Å²) >= 11 is 5.84. The maximum atomic E-state index is 13.8. The number of nitrogens with zero attached hydrogens (tertiary/aromatic N) is 2. The maximum absolute atomic E-state index is 13.8. The van der Waals surface area contributed by atoms with E-state index in [9.17, 15) is 18.8 Å². The van der Waals surface area contributed by atoms with Crippen molar-refractivity contribution in [3.05, 3.63) is 45.0 Å². The molecular weight excluding hydrogens is 351 g/mol. The van der Waals surface area contributed by atoms with Crippen molar-refractivity contribution in [1.82, 2.24) is 9.47 Å². The zero-order chi connectivity index (χ0) is 18.3. The van der Waals surface area contributed by atoms with E-state index in [-0.39, 0.29) is 35.0 Å². The molecule has 3 rings (SSSR count). The van der Waals surface area contributed by atoms with Crippen LogP contribution >= 0.6 is 11.6 Å². The second-order valence-electron chi connectivity index (χ2n) is 6.16. The fourth-order valence-electron chi connectivity index (χ4n) is 2.72. The van der Waals surface area contributed by atoms with E-state index in [4.69, 9.17) is 16.7 Å². The second kappa shape index (κ2) is 6.48. The minimum absolute atomic E-state index is 0.0238. The Balaban J connectivity index is 2.11. The van der Waals surface area contributed by atoms with Crippen molar-refractivity contribution in [2.45, 2.75) is 25.3 Å². The molecule has 0 radical (unpaired) electrons. The normalized spacial score (nSPS) is 13.9. The molecule has 25 heavy (non-hydrogen) atoms. The summed E-state index contributed by atoms with van der Waals surface area (Å²) in [5, 5.41) is 8.74. The van der Waals surface area contributed by atoms with Gasteiger partial charge in [-0.3, -0.25) is 14.4 Å². The van der Waals surface area contributed by atoms with Gasteiger partial charge >= 0.3 is 5.97 Å². The Labute approximate surface area is 147 Å². The van der Waals surface area contributed by atoms with Crippen LogP contribution in [0.5, 0.6) is 0 Å². The first kappa shape index (κ1) is 17.4. The largest absolute Gasteiger partial charge is 0.481 e. The number of hydrogen-bond donors (Lipinski definition) is 1. The molecule has 0 unspecified atom stereocenters. The first-order valence-corrected chi connectivity index (χ1v) is 8.18. The molecular formula is C17H16ClFN2O4. The number of rotatable bonds is 5. The summed E-state index contributed by atoms with van der Waals surface area (Å²) in [4.78, 5) is 37.1. The summed E-state index contributed by atoms with van der Waals surface area (Å²) in [7, 11) is 1.43. The fraction of sp³-hybridized carbons (Fsp3) is 0.353. The predicted octanol–water partition coefficient (Wildman–Crippen LogP) is 2.68. The van der Waals surface area contributed by atoms with Gasteiger partial charge in [0.15, 0.2) is 0 Å². The third-order valence-corrected chi connectivity index (χ3v) is 4.54. The molecule has 0 spiro atoms. The van der Waals surface area contributed by atoms with E-state index in [1.54, 1.807) is 4.57 Å². The molecule has 1 fully saturated rings. The molecule has 1 aromatic carbocycles. The number of carboxylic acid groups (broad SMARTS) is 1. The Morgan fingerprint density at radius 2 is 2.08 bits per heavy atom. The number of amides is 1. The van der Waals surface area contributed by atoms with Crippen LogP contribution in [0.1, 0.15) is 35.7 Å². The van der Waals surface area contributed by atoms with Gasteiger partial charge in [-0.2, -0.15) is 0 Å². The van der Waals surface area contributed by atoms with Crippen LogP contribution < -0.4 is 5.43 Å². The van der Waals surface area contributed by atoms with Crippen molar-refractivity contribution >= 4 is 34.4 Å². The SMILES string of the molecule is CN(CCC(=O)O)C(=O)c1cn(C2CC2)c2cc(Cl)c(F)cc2c1=O. The molecule has 0 saturated heterocycles. The smallest absolute Gasteiger partial charge is 0.305 e. The third kappa shape index (κ3) is 3.37. The van der Waals surface area contributed by atoms with Crippen molar-refractivity contribution in [3.8, 4) is 0 Å². The first-order valence-electron chi connectivity index (χ1n) is 7.80. The summed E-state index contributed by atoms with van der Waals surface area (Å²) in [5.74, 6) is -2.35. The number of benzene rings is 1. The summed E-state index contributed by atoms with van der Waals surface area (Å²) < 4.78 is 15.6. The average Bonchev–Trinajstić information content (AvgIpc) is 3.39. The van der Waals surface area contributed by atoms with E-state index in [1.807, 2.05) is 0 Å². The molecule has 1 aromatic heterocycles. The minimum atomic E-state index is -1.04. The molecule has 132 valence electrons. The highest BCUT2D eigenvalue weighted by atomic mass is 35.5. The molecule has 6 nitrogen and oxygen atoms in total. The molecule has 8 heteroatoms. The van der Waals surface area contributed by atoms with Gasteiger partial charge in [-0.05, 0) is 25.0 Å². The van der Waals surface area contributed by atoms with Crippen molar-refractivity contribution in [3.63, 3.8) is 0 Å². The molecule has 2 aromatic rings. The Kier molecular flexibility index (Phi) is 4.51. The summed E-state index contributed by atoms with van der Waals surface area (Å²) in [6.45, 7) is -0.0238. The summed E-state index contributed by atoms with van der Waals surface area (Å²) in [5.41, 5.74) is -0.202. The topological polar surface area (TPSA) is 79.6 Å². The molecule has 1 saturated carbocycles. The lowest BCUT2D eigenvalue weighted by Gasteiger charge is -2.18. The molecule has 0 atom stereocenters. The maximum Gasteiger partial charge on any atom is 0.305 e. The highest BCUT2D eigenvalue weighted by Crippen LogP contribution is 2.37. The number of aliphatic carboxylic acids is 1. The van der Waals surface area contributed by atoms with E-state index in [1.165, 1.54) is 24.2 Å². The monoisotopic (exact) mass is 366 g/mol. The van der Waals surface area contributed by atoms with Crippen LogP contribution in [0.25, 0.3) is 10.9 Å². The van der Waals surface area contributed by atoms with Gasteiger partial charge in [0.2, 0.25) is 5.43 Å². The van der Waals surface area contributed by atoms with Gasteiger partial charge in [0.25, 0.3) is 5.91 Å². The molecule has 1 heterocycles. The van der Waals surface area contributed by atoms with Gasteiger partial charge in [-0.1, -0.05) is 11.6 Å². The molecule has 0 aliphatic heterocycles. The van der Waals surface area contributed by atoms with Crippen LogP contribution in [-0.2, 0) is 4.79 Å². The molecule has 1 aliphatic rings. The number of fused-ring (bicyclic) bond motifs is 1. The predicted molar refractivity (Wildman–Crippen MR) is 90.7 cm³/mol. The first-order chi connectivity index (χ1) is 11.8. The van der Waals surface area contributed by atoms with E-state index in [0.29, 0.717) is 5.52 Å². The van der Waals surface area contributed by atoms with E-state index >= 15 is 0 Å². The zero-order valence-corrected chi connectivity index (χ0v) is 14.2. The van der Waals surface area contributed by atoms with Gasteiger partial charge in [0.1, 0.15) is 11.4 Å². The molecule has 1 aliphatic carbocycles. The standard InChI is InChI=1S/C17H16ClFN2O4/c1-20(5-4-15(22)23)17(25)11-8-21(9-2-3-9)14-7-12(18)13(19)6-10(14)16(11)24/h6-9H,2-5H2,1H3,(H,22,23). The lowest BCUT2D eigenvalue weighted by molar-refractivity contribution is -0.137. The van der Waals surface area contributed by atoms with Crippen molar-refractivity contribution in [2.24, 2.45) is 0 Å². The van der Waals surface area contributed by atoms with Gasteiger partial charge in [-0.15, -0.1) is 0 Å². The Hall–Kier alpha value is -2.41. The molecule has 0 bridgehead atoms. The lowest BCUT2D eigenvalue weighted by atomic mass is 10.1. The molecule has 1 N–H and O–H groups in total. The number of pyridine rings is 1. The fourth-order valence-corrected chi connectivity index (χ4v) is 2.88. The van der Waals surface area contributed by atoms with Crippen LogP contribution in [-0.4, -0.2) is 40.0 Å². The number of halogens is 2. The zero-order valence-electron chi connectivity index (χ0n) is 13.5. The quantitative estimate of drug-likeness (QED) is 0.882. The van der Waals surface area contributed by atoms with Crippen LogP contribution in [0, 0.1) is 5.82 Å². The Morgan fingerprint density at radius 3 is 2.68 bits per heavy atom. The van der Waals surface area contributed by atoms with E-state index in [0.717, 1.165) is 18.9 Å². The van der Waals surface area contributed by atoms with Crippen molar-refractivity contribution in [2.75, 3.05) is 13.6 Å². The highest BCUT2D eigenvalue weighted by Gasteiger charge is 2.28. The number of hydrogen-bond acceptors (Lipinski definition) is 3. The molecule has 1 amide bonds. The average molecular weight is 367 g/mol. The van der Waals surface area contributed by atoms with E-state index < -0.39 is 23.1 Å². The Morgan fingerprint density at radius 1 is 1.40 bits per heavy atom. The van der Waals surface area contributed by atoms with Crippen LogP contribution in [0.3, 0.4) is 0 Å². The number of carbonyl (C=O) groups excluding carboxylic acids is 1. The third-order valence-electron chi connectivity index (χ3n) is 4.25. The van der Waals surface area contributed by atoms with Crippen molar-refractivity contribution < 1.29 is 19.1 Å². The van der Waals surface area contributed by atoms with Gasteiger partial charge < -0.3 is 14.6 Å². The van der Waals surface area contributed by atoms with Crippen LogP contribution in [0.2, 0.25) is 5.02 Å². The summed E-state index contributed by atoms with van der Waals surface area (Å²) in [6.07, 6.45) is 3.04. The number of carboxylic acids is 1. The summed E-state index contributed by atoms with van der Waals surface area (Å²) in [6, 6.07) is 2.59. The lowest BCUT2D eigenvalue weighted by Crippen LogP contribution is -2.33. The van der Waals surface area contributed by atoms with Gasteiger partial charge in [0, 0.05) is 31.2 Å². The van der Waals surface area contributed by atoms with Gasteiger partial charge in [0.05, 0.1) is 17.0 Å². The second-order valence-corrected chi connectivity index (χ2v) is 6.57. The highest BCUT2D eigenvalue weighted by molar-refractivity contribution is 6.31. The number of carbonyl (C=O) groups is 2. The minimum Gasteiger partial charge on any atom is -0.481 e.